The van der Waals surface area contributed by atoms with Crippen LogP contribution in [0.15, 0.2) is 60.9 Å². The summed E-state index contributed by atoms with van der Waals surface area (Å²) in [5.74, 6) is 0. The van der Waals surface area contributed by atoms with Gasteiger partial charge in [-0.15, -0.1) is 0 Å². The van der Waals surface area contributed by atoms with Crippen molar-refractivity contribution in [2.75, 3.05) is 11.5 Å². The summed E-state index contributed by atoms with van der Waals surface area (Å²) in [7, 11) is -4.39. The molecule has 2 amide bonds. The first-order valence-corrected chi connectivity index (χ1v) is 13.9. The molecule has 1 aliphatic carbocycles. The van der Waals surface area contributed by atoms with Crippen molar-refractivity contribution in [2.24, 2.45) is 0 Å². The predicted molar refractivity (Wildman–Crippen MR) is 135 cm³/mol. The fourth-order valence-corrected chi connectivity index (χ4v) is 5.50. The molecule has 194 valence electrons. The van der Waals surface area contributed by atoms with Crippen molar-refractivity contribution in [2.45, 2.75) is 49.7 Å². The van der Waals surface area contributed by atoms with Gasteiger partial charge in [0.1, 0.15) is 23.8 Å². The molecular formula is C25H27N4O7P. The van der Waals surface area contributed by atoms with E-state index in [1.807, 2.05) is 42.5 Å². The summed E-state index contributed by atoms with van der Waals surface area (Å²) in [5, 5.41) is 5.74. The molecule has 3 aromatic rings. The maximum Gasteiger partial charge on any atom is 0.328 e. The van der Waals surface area contributed by atoms with Crippen molar-refractivity contribution < 1.29 is 33.4 Å². The van der Waals surface area contributed by atoms with E-state index in [1.54, 1.807) is 29.1 Å². The Morgan fingerprint density at radius 3 is 2.62 bits per heavy atom. The summed E-state index contributed by atoms with van der Waals surface area (Å²) < 4.78 is 31.9. The molecule has 0 bridgehead atoms. The molecule has 1 saturated carbocycles. The summed E-state index contributed by atoms with van der Waals surface area (Å²) in [6, 6.07) is 15.0. The van der Waals surface area contributed by atoms with Crippen LogP contribution in [0.5, 0.6) is 0 Å². The molecule has 6 rings (SSSR count). The molecule has 2 aromatic carbocycles. The van der Waals surface area contributed by atoms with Crippen LogP contribution >= 0.6 is 7.60 Å². The molecule has 3 fully saturated rings. The maximum absolute atomic E-state index is 12.3. The van der Waals surface area contributed by atoms with Gasteiger partial charge in [-0.2, -0.15) is 0 Å². The topological polar surface area (TPSA) is 144 Å². The quantitative estimate of drug-likeness (QED) is 0.344. The zero-order valence-corrected chi connectivity index (χ0v) is 20.6. The molecule has 0 spiro atoms. The number of hydrogen-bond acceptors (Lipinski definition) is 6. The van der Waals surface area contributed by atoms with E-state index in [4.69, 9.17) is 14.2 Å². The minimum Gasteiger partial charge on any atom is -0.348 e. The average Bonchev–Trinajstić information content (AvgIpc) is 3.27. The molecular weight excluding hydrogens is 499 g/mol. The van der Waals surface area contributed by atoms with Crippen LogP contribution in [0.4, 0.5) is 10.5 Å². The second kappa shape index (κ2) is 9.68. The van der Waals surface area contributed by atoms with E-state index >= 15 is 0 Å². The summed E-state index contributed by atoms with van der Waals surface area (Å²) in [5.41, 5.74) is 2.75. The van der Waals surface area contributed by atoms with Crippen molar-refractivity contribution in [1.29, 1.82) is 0 Å². The Labute approximate surface area is 212 Å². The minimum atomic E-state index is -4.39. The van der Waals surface area contributed by atoms with E-state index < -0.39 is 44.6 Å². The number of ether oxygens (including phenoxy) is 3. The molecule has 12 heteroatoms. The molecule has 2 saturated heterocycles. The van der Waals surface area contributed by atoms with Crippen molar-refractivity contribution in [3.8, 4) is 0 Å². The average molecular weight is 526 g/mol. The molecule has 1 aromatic heterocycles. The molecule has 11 nitrogen and oxygen atoms in total. The number of carbonyl (C=O) groups excluding carboxylic acids is 1. The van der Waals surface area contributed by atoms with E-state index in [9.17, 15) is 19.1 Å². The normalized spacial score (nSPS) is 27.6. The van der Waals surface area contributed by atoms with E-state index in [1.165, 1.54) is 0 Å². The molecule has 5 atom stereocenters. The molecule has 3 aliphatic rings. The van der Waals surface area contributed by atoms with Crippen molar-refractivity contribution in [3.63, 3.8) is 0 Å². The van der Waals surface area contributed by atoms with E-state index in [2.05, 4.69) is 15.6 Å². The third-order valence-electron chi connectivity index (χ3n) is 6.57. The number of nitrogens with zero attached hydrogens (tertiary/aromatic N) is 2. The third kappa shape index (κ3) is 5.33. The molecule has 0 radical (unpaired) electrons. The molecule has 37 heavy (non-hydrogen) atoms. The van der Waals surface area contributed by atoms with Crippen LogP contribution < -0.4 is 10.6 Å². The van der Waals surface area contributed by atoms with Gasteiger partial charge in [0.2, 0.25) is 0 Å². The van der Waals surface area contributed by atoms with Gasteiger partial charge in [-0.05, 0) is 36.6 Å². The molecule has 4 N–H and O–H groups in total. The lowest BCUT2D eigenvalue weighted by atomic mass is 10.1. The zero-order valence-electron chi connectivity index (χ0n) is 19.7. The van der Waals surface area contributed by atoms with Crippen LogP contribution in [0, 0.1) is 0 Å². The minimum absolute atomic E-state index is 0.218. The van der Waals surface area contributed by atoms with Gasteiger partial charge in [-0.3, -0.25) is 4.57 Å². The highest BCUT2D eigenvalue weighted by Gasteiger charge is 2.54. The van der Waals surface area contributed by atoms with Crippen LogP contribution in [0.1, 0.15) is 24.6 Å². The standard InChI is InChI=1S/C25H27N4O7P/c30-25(27-16-10-11-16)28-17-7-4-8-18-21(17)26-14-29(18)24-23-22(19(34-24)13-37(31,32)33)35-20(36-23)12-9-15-5-2-1-3-6-15/h1-9,12,14,16,19-20,22-24H,10-11,13H2,(H2,27,28,30)(H2,31,32,33)/b12-9+/t19-,20+,22?,23?,24-/m1/s1. The number of para-hydroxylation sites is 1. The number of imidazole rings is 1. The van der Waals surface area contributed by atoms with E-state index in [-0.39, 0.29) is 12.1 Å². The van der Waals surface area contributed by atoms with Gasteiger partial charge in [0.15, 0.2) is 12.5 Å². The van der Waals surface area contributed by atoms with Gasteiger partial charge in [0.25, 0.3) is 0 Å². The fourth-order valence-electron chi connectivity index (χ4n) is 4.74. The Hall–Kier alpha value is -3.05. The largest absolute Gasteiger partial charge is 0.348 e. The van der Waals surface area contributed by atoms with Gasteiger partial charge in [0, 0.05) is 6.04 Å². The third-order valence-corrected chi connectivity index (χ3v) is 7.41. The number of fused-ring (bicyclic) bond motifs is 2. The number of aromatic nitrogens is 2. The van der Waals surface area contributed by atoms with Gasteiger partial charge in [-0.25, -0.2) is 9.78 Å². The Morgan fingerprint density at radius 2 is 1.86 bits per heavy atom. The highest BCUT2D eigenvalue weighted by Crippen LogP contribution is 2.46. The summed E-state index contributed by atoms with van der Waals surface area (Å²) >= 11 is 0. The lowest BCUT2D eigenvalue weighted by molar-refractivity contribution is -0.121. The van der Waals surface area contributed by atoms with E-state index in [0.717, 1.165) is 18.4 Å². The first-order chi connectivity index (χ1) is 17.8. The molecule has 2 unspecified atom stereocenters. The number of nitrogens with one attached hydrogen (secondary N) is 2. The second-order valence-corrected chi connectivity index (χ2v) is 11.1. The van der Waals surface area contributed by atoms with E-state index in [0.29, 0.717) is 16.7 Å². The number of anilines is 1. The van der Waals surface area contributed by atoms with Gasteiger partial charge in [0.05, 0.1) is 23.7 Å². The summed E-state index contributed by atoms with van der Waals surface area (Å²) in [4.78, 5) is 36.1. The highest BCUT2D eigenvalue weighted by atomic mass is 31.2. The number of urea groups is 1. The number of amides is 2. The Bertz CT molecular complexity index is 1370. The van der Waals surface area contributed by atoms with Crippen LogP contribution in [-0.4, -0.2) is 62.2 Å². The SMILES string of the molecule is O=C(Nc1cccc2c1ncn2[C@@H]1O[C@H](CP(=O)(O)O)C2O[C@H](/C=C/c3ccccc3)OC21)NC1CC1. The van der Waals surface area contributed by atoms with Crippen LogP contribution in [-0.2, 0) is 18.8 Å². The number of benzene rings is 2. The number of carbonyl (C=O) groups is 1. The van der Waals surface area contributed by atoms with Gasteiger partial charge in [-0.1, -0.05) is 42.5 Å². The first kappa shape index (κ1) is 24.3. The monoisotopic (exact) mass is 526 g/mol. The summed E-state index contributed by atoms with van der Waals surface area (Å²) in [6.07, 6.45) is 3.03. The fraction of sp³-hybridized carbons (Fsp3) is 0.360. The smallest absolute Gasteiger partial charge is 0.328 e. The zero-order chi connectivity index (χ0) is 25.6. The summed E-state index contributed by atoms with van der Waals surface area (Å²) in [6.45, 7) is 0. The van der Waals surface area contributed by atoms with Gasteiger partial charge < -0.3 is 39.2 Å². The van der Waals surface area contributed by atoms with Crippen molar-refractivity contribution >= 4 is 36.4 Å². The molecule has 2 aliphatic heterocycles. The number of rotatable bonds is 7. The van der Waals surface area contributed by atoms with Crippen molar-refractivity contribution in [1.82, 2.24) is 14.9 Å². The van der Waals surface area contributed by atoms with Gasteiger partial charge >= 0.3 is 13.6 Å². The van der Waals surface area contributed by atoms with Crippen LogP contribution in [0.3, 0.4) is 0 Å². The Morgan fingerprint density at radius 1 is 1.08 bits per heavy atom. The first-order valence-electron chi connectivity index (χ1n) is 12.1. The number of hydrogen-bond donors (Lipinski definition) is 4. The lowest BCUT2D eigenvalue weighted by Gasteiger charge is -2.21. The van der Waals surface area contributed by atoms with Crippen LogP contribution in [0.2, 0.25) is 0 Å². The highest BCUT2D eigenvalue weighted by molar-refractivity contribution is 7.51. The Kier molecular flexibility index (Phi) is 6.36. The maximum atomic E-state index is 12.3. The Balaban J connectivity index is 1.26. The second-order valence-electron chi connectivity index (χ2n) is 9.45. The van der Waals surface area contributed by atoms with Crippen molar-refractivity contribution in [3.05, 3.63) is 66.5 Å². The molecule has 3 heterocycles. The van der Waals surface area contributed by atoms with Crippen LogP contribution in [0.25, 0.3) is 17.1 Å². The predicted octanol–water partition coefficient (Wildman–Crippen LogP) is 3.22. The lowest BCUT2D eigenvalue weighted by Crippen LogP contribution is -2.31.